The quantitative estimate of drug-likeness (QED) is 0.0520. The van der Waals surface area contributed by atoms with E-state index in [0.29, 0.717) is 12.8 Å². The Bertz CT molecular complexity index is 1120. The molecule has 0 heterocycles. The SMILES string of the molecule is CCCCCCCC(=O)N[C@@H](CCCN=C(N)N)C(=O)N[C@H](C(=O)N[C@@H](CO)C(=O)N[C@@H](Cc1ccccc1)C(=O)CC)C(C)C. The fourth-order valence-corrected chi connectivity index (χ4v) is 4.79. The number of nitrogens with two attached hydrogens (primary N) is 2. The van der Waals surface area contributed by atoms with Gasteiger partial charge in [0.15, 0.2) is 11.7 Å². The second-order valence-corrected chi connectivity index (χ2v) is 11.8. The minimum absolute atomic E-state index is 0.0819. The van der Waals surface area contributed by atoms with Crippen LogP contribution in [0.5, 0.6) is 0 Å². The zero-order chi connectivity index (χ0) is 34.5. The van der Waals surface area contributed by atoms with Crippen molar-refractivity contribution in [3.8, 4) is 0 Å². The van der Waals surface area contributed by atoms with Gasteiger partial charge in [0, 0.05) is 19.4 Å². The Labute approximate surface area is 273 Å². The Morgan fingerprint density at radius 3 is 2.00 bits per heavy atom. The van der Waals surface area contributed by atoms with Crippen molar-refractivity contribution in [2.24, 2.45) is 22.4 Å². The van der Waals surface area contributed by atoms with Crippen molar-refractivity contribution < 1.29 is 29.1 Å². The summed E-state index contributed by atoms with van der Waals surface area (Å²) >= 11 is 0. The van der Waals surface area contributed by atoms with Crippen LogP contribution in [0.15, 0.2) is 35.3 Å². The van der Waals surface area contributed by atoms with Gasteiger partial charge in [-0.05, 0) is 37.2 Å². The fraction of sp³-hybridized carbons (Fsp3) is 0.636. The molecule has 258 valence electrons. The number of rotatable bonds is 23. The number of aliphatic hydroxyl groups excluding tert-OH is 1. The lowest BCUT2D eigenvalue weighted by molar-refractivity contribution is -0.135. The zero-order valence-electron chi connectivity index (χ0n) is 27.8. The van der Waals surface area contributed by atoms with Crippen LogP contribution in [0.3, 0.4) is 0 Å². The summed E-state index contributed by atoms with van der Waals surface area (Å²) in [5.74, 6) is -2.94. The van der Waals surface area contributed by atoms with E-state index in [4.69, 9.17) is 11.5 Å². The molecule has 9 N–H and O–H groups in total. The molecule has 1 aromatic carbocycles. The van der Waals surface area contributed by atoms with E-state index in [1.54, 1.807) is 20.8 Å². The Kier molecular flexibility index (Phi) is 19.6. The second kappa shape index (κ2) is 22.5. The van der Waals surface area contributed by atoms with Gasteiger partial charge in [-0.3, -0.25) is 29.0 Å². The highest BCUT2D eigenvalue weighted by Crippen LogP contribution is 2.09. The highest BCUT2D eigenvalue weighted by Gasteiger charge is 2.32. The van der Waals surface area contributed by atoms with E-state index >= 15 is 0 Å². The molecule has 13 heteroatoms. The third-order valence-corrected chi connectivity index (χ3v) is 7.50. The van der Waals surface area contributed by atoms with Crippen molar-refractivity contribution in [2.75, 3.05) is 13.2 Å². The lowest BCUT2D eigenvalue weighted by Gasteiger charge is -2.27. The third-order valence-electron chi connectivity index (χ3n) is 7.50. The van der Waals surface area contributed by atoms with Crippen molar-refractivity contribution in [1.29, 1.82) is 0 Å². The molecule has 0 aliphatic rings. The molecule has 0 aromatic heterocycles. The smallest absolute Gasteiger partial charge is 0.245 e. The van der Waals surface area contributed by atoms with E-state index in [0.717, 1.165) is 31.2 Å². The predicted molar refractivity (Wildman–Crippen MR) is 178 cm³/mol. The lowest BCUT2D eigenvalue weighted by Crippen LogP contribution is -2.59. The molecule has 0 aliphatic carbocycles. The molecular formula is C33H55N7O6. The van der Waals surface area contributed by atoms with Gasteiger partial charge in [-0.25, -0.2) is 0 Å². The van der Waals surface area contributed by atoms with Crippen LogP contribution in [0.25, 0.3) is 0 Å². The van der Waals surface area contributed by atoms with Crippen molar-refractivity contribution >= 4 is 35.4 Å². The van der Waals surface area contributed by atoms with E-state index in [1.165, 1.54) is 0 Å². The average Bonchev–Trinajstić information content (AvgIpc) is 3.02. The highest BCUT2D eigenvalue weighted by atomic mass is 16.3. The van der Waals surface area contributed by atoms with Gasteiger partial charge in [0.25, 0.3) is 0 Å². The molecule has 4 amide bonds. The van der Waals surface area contributed by atoms with Crippen LogP contribution in [-0.2, 0) is 30.4 Å². The number of carbonyl (C=O) groups is 5. The Morgan fingerprint density at radius 1 is 0.783 bits per heavy atom. The molecule has 13 nitrogen and oxygen atoms in total. The number of aliphatic hydroxyl groups is 1. The number of hydrogen-bond acceptors (Lipinski definition) is 7. The summed E-state index contributed by atoms with van der Waals surface area (Å²) in [4.78, 5) is 69.1. The van der Waals surface area contributed by atoms with Crippen LogP contribution >= 0.6 is 0 Å². The first-order valence-electron chi connectivity index (χ1n) is 16.4. The summed E-state index contributed by atoms with van der Waals surface area (Å²) in [5, 5.41) is 20.6. The molecule has 0 bridgehead atoms. The van der Waals surface area contributed by atoms with Crippen LogP contribution in [0.4, 0.5) is 0 Å². The molecule has 0 saturated heterocycles. The Morgan fingerprint density at radius 2 is 1.41 bits per heavy atom. The Balaban J connectivity index is 2.96. The number of aliphatic imine (C=N–C) groups is 1. The summed E-state index contributed by atoms with van der Waals surface area (Å²) in [6.45, 7) is 6.77. The first kappa shape index (κ1) is 40.0. The monoisotopic (exact) mass is 645 g/mol. The summed E-state index contributed by atoms with van der Waals surface area (Å²) < 4.78 is 0. The van der Waals surface area contributed by atoms with Crippen LogP contribution in [0.1, 0.15) is 91.0 Å². The molecule has 0 aliphatic heterocycles. The van der Waals surface area contributed by atoms with Crippen LogP contribution in [-0.4, -0.2) is 77.8 Å². The topological polar surface area (TPSA) is 218 Å². The summed E-state index contributed by atoms with van der Waals surface area (Å²) in [7, 11) is 0. The summed E-state index contributed by atoms with van der Waals surface area (Å²) in [5.41, 5.74) is 11.6. The van der Waals surface area contributed by atoms with Gasteiger partial charge in [0.05, 0.1) is 12.6 Å². The van der Waals surface area contributed by atoms with Gasteiger partial charge < -0.3 is 37.8 Å². The normalized spacial score (nSPS) is 13.5. The number of hydrogen-bond donors (Lipinski definition) is 7. The van der Waals surface area contributed by atoms with Crippen molar-refractivity contribution in [1.82, 2.24) is 21.3 Å². The largest absolute Gasteiger partial charge is 0.394 e. The maximum absolute atomic E-state index is 13.4. The number of carbonyl (C=O) groups excluding carboxylic acids is 5. The number of guanidine groups is 1. The molecule has 0 saturated carbocycles. The van der Waals surface area contributed by atoms with Crippen molar-refractivity contribution in [3.05, 3.63) is 35.9 Å². The van der Waals surface area contributed by atoms with Gasteiger partial charge >= 0.3 is 0 Å². The highest BCUT2D eigenvalue weighted by molar-refractivity contribution is 5.96. The lowest BCUT2D eigenvalue weighted by atomic mass is 10.00. The van der Waals surface area contributed by atoms with Crippen molar-refractivity contribution in [3.63, 3.8) is 0 Å². The third kappa shape index (κ3) is 15.8. The number of Topliss-reactive ketones (excluding diaryl/α,β-unsaturated/α-hetero) is 1. The number of nitrogens with one attached hydrogen (secondary N) is 4. The van der Waals surface area contributed by atoms with E-state index in [-0.39, 0.29) is 49.9 Å². The maximum Gasteiger partial charge on any atom is 0.245 e. The molecule has 4 atom stereocenters. The summed E-state index contributed by atoms with van der Waals surface area (Å²) in [6, 6.07) is 4.95. The molecular weight excluding hydrogens is 590 g/mol. The maximum atomic E-state index is 13.4. The van der Waals surface area contributed by atoms with E-state index in [9.17, 15) is 29.1 Å². The first-order valence-corrected chi connectivity index (χ1v) is 16.4. The molecule has 0 spiro atoms. The summed E-state index contributed by atoms with van der Waals surface area (Å²) in [6.07, 6.45) is 6.19. The average molecular weight is 646 g/mol. The van der Waals surface area contributed by atoms with Gasteiger partial charge in [0.1, 0.15) is 18.1 Å². The van der Waals surface area contributed by atoms with Gasteiger partial charge in [-0.1, -0.05) is 83.7 Å². The minimum Gasteiger partial charge on any atom is -0.394 e. The standard InChI is InChI=1S/C33H55N7O6/c1-5-7-8-9-13-18-28(43)37-24(17-14-19-36-33(34)35)30(44)40-29(22(3)4)32(46)39-26(21-41)31(45)38-25(27(42)6-2)20-23-15-11-10-12-16-23/h10-12,15-16,22,24-26,29,41H,5-9,13-14,17-21H2,1-4H3,(H,37,43)(H,38,45)(H,39,46)(H,40,44)(H4,34,35,36)/t24-,25-,26-,29-/m0/s1. The molecule has 46 heavy (non-hydrogen) atoms. The number of ketones is 1. The van der Waals surface area contributed by atoms with E-state index in [2.05, 4.69) is 33.2 Å². The molecule has 1 aromatic rings. The number of unbranched alkanes of at least 4 members (excludes halogenated alkanes) is 4. The molecule has 0 fully saturated rings. The van der Waals surface area contributed by atoms with Crippen LogP contribution in [0, 0.1) is 5.92 Å². The van der Waals surface area contributed by atoms with Gasteiger partial charge in [-0.2, -0.15) is 0 Å². The van der Waals surface area contributed by atoms with Crippen molar-refractivity contribution in [2.45, 2.75) is 116 Å². The second-order valence-electron chi connectivity index (χ2n) is 11.8. The first-order chi connectivity index (χ1) is 21.9. The molecule has 0 radical (unpaired) electrons. The number of nitrogens with zero attached hydrogens (tertiary/aromatic N) is 1. The number of amides is 4. The predicted octanol–water partition coefficient (Wildman–Crippen LogP) is 1.21. The molecule has 0 unspecified atom stereocenters. The van der Waals surface area contributed by atoms with Crippen LogP contribution < -0.4 is 32.7 Å². The minimum atomic E-state index is -1.36. The van der Waals surface area contributed by atoms with E-state index < -0.39 is 54.4 Å². The van der Waals surface area contributed by atoms with E-state index in [1.807, 2.05) is 30.3 Å². The number of benzene rings is 1. The van der Waals surface area contributed by atoms with Gasteiger partial charge in [0.2, 0.25) is 23.6 Å². The van der Waals surface area contributed by atoms with Gasteiger partial charge in [-0.15, -0.1) is 0 Å². The Hall–Kier alpha value is -4.00. The fourth-order valence-electron chi connectivity index (χ4n) is 4.79. The zero-order valence-corrected chi connectivity index (χ0v) is 27.8. The molecule has 1 rings (SSSR count). The van der Waals surface area contributed by atoms with Crippen LogP contribution in [0.2, 0.25) is 0 Å².